The molecule has 0 saturated heterocycles. The second kappa shape index (κ2) is 12.6. The fourth-order valence-corrected chi connectivity index (χ4v) is 4.29. The van der Waals surface area contributed by atoms with Gasteiger partial charge in [-0.25, -0.2) is 13.1 Å². The fourth-order valence-electron chi connectivity index (χ4n) is 3.23. The Morgan fingerprint density at radius 1 is 0.971 bits per heavy atom. The molecule has 0 spiro atoms. The molecular formula is C24H32F2N4O4S. The van der Waals surface area contributed by atoms with Crippen LogP contribution in [0.4, 0.5) is 14.5 Å². The van der Waals surface area contributed by atoms with E-state index in [1.54, 1.807) is 6.92 Å². The van der Waals surface area contributed by atoms with Crippen molar-refractivity contribution in [2.24, 2.45) is 0 Å². The molecule has 0 fully saturated rings. The topological polar surface area (TPSA) is 90.0 Å². The van der Waals surface area contributed by atoms with Gasteiger partial charge in [-0.15, -0.1) is 0 Å². The first-order valence-electron chi connectivity index (χ1n) is 11.2. The molecule has 0 saturated carbocycles. The van der Waals surface area contributed by atoms with E-state index in [9.17, 15) is 26.8 Å². The van der Waals surface area contributed by atoms with Crippen LogP contribution in [0.15, 0.2) is 48.5 Å². The average molecular weight is 511 g/mol. The fraction of sp³-hybridized carbons (Fsp3) is 0.417. The summed E-state index contributed by atoms with van der Waals surface area (Å²) in [6, 6.07) is 9.25. The summed E-state index contributed by atoms with van der Waals surface area (Å²) in [5.74, 6) is -2.05. The molecule has 8 nitrogen and oxygen atoms in total. The average Bonchev–Trinajstić information content (AvgIpc) is 2.82. The number of nitrogens with one attached hydrogen (secondary N) is 1. The Balaban J connectivity index is 2.39. The Morgan fingerprint density at radius 2 is 1.51 bits per heavy atom. The number of anilines is 1. The summed E-state index contributed by atoms with van der Waals surface area (Å²) in [7, 11) is -1.50. The molecule has 2 amide bonds. The Hall–Kier alpha value is -3.05. The highest BCUT2D eigenvalue weighted by Crippen LogP contribution is 2.21. The number of unbranched alkanes of at least 4 members (excludes halogenated alkanes) is 1. The molecule has 0 aromatic heterocycles. The van der Waals surface area contributed by atoms with Crippen LogP contribution in [-0.4, -0.2) is 62.7 Å². The van der Waals surface area contributed by atoms with Gasteiger partial charge in [-0.2, -0.15) is 12.7 Å². The van der Waals surface area contributed by atoms with Crippen molar-refractivity contribution in [1.29, 1.82) is 0 Å². The summed E-state index contributed by atoms with van der Waals surface area (Å²) in [6.07, 6.45) is 1.64. The van der Waals surface area contributed by atoms with Crippen molar-refractivity contribution in [3.8, 4) is 0 Å². The number of halogens is 2. The Labute approximate surface area is 205 Å². The van der Waals surface area contributed by atoms with Crippen molar-refractivity contribution in [3.05, 3.63) is 65.7 Å². The molecule has 0 unspecified atom stereocenters. The quantitative estimate of drug-likeness (QED) is 0.445. The summed E-state index contributed by atoms with van der Waals surface area (Å²) < 4.78 is 54.7. The minimum absolute atomic E-state index is 0.0409. The predicted molar refractivity (Wildman–Crippen MR) is 131 cm³/mol. The first-order chi connectivity index (χ1) is 16.5. The van der Waals surface area contributed by atoms with Crippen LogP contribution in [0, 0.1) is 11.6 Å². The van der Waals surface area contributed by atoms with Crippen LogP contribution in [0.25, 0.3) is 0 Å². The molecule has 0 bridgehead atoms. The molecule has 1 N–H and O–H groups in total. The van der Waals surface area contributed by atoms with Gasteiger partial charge in [-0.3, -0.25) is 9.59 Å². The van der Waals surface area contributed by atoms with E-state index >= 15 is 0 Å². The summed E-state index contributed by atoms with van der Waals surface area (Å²) >= 11 is 0. The van der Waals surface area contributed by atoms with Crippen LogP contribution in [-0.2, 0) is 26.3 Å². The number of nitrogens with zero attached hydrogens (tertiary/aromatic N) is 3. The smallest absolute Gasteiger partial charge is 0.304 e. The first kappa shape index (κ1) is 28.2. The third-order valence-corrected chi connectivity index (χ3v) is 7.22. The van der Waals surface area contributed by atoms with Crippen molar-refractivity contribution in [3.63, 3.8) is 0 Å². The third-order valence-electron chi connectivity index (χ3n) is 5.40. The molecule has 35 heavy (non-hydrogen) atoms. The van der Waals surface area contributed by atoms with Gasteiger partial charge in [0.2, 0.25) is 11.8 Å². The standard InChI is InChI=1S/C24H32F2N4O4S/c1-5-6-15-27-24(32)18(2)29(16-19-7-9-20(25)10-8-19)23(31)17-30(35(33,34)28(3)4)22-13-11-21(26)12-14-22/h7-14,18H,5-6,15-17H2,1-4H3,(H,27,32)/t18-/m1/s1. The molecule has 1 atom stereocenters. The predicted octanol–water partition coefficient (Wildman–Crippen LogP) is 2.91. The van der Waals surface area contributed by atoms with Crippen LogP contribution >= 0.6 is 0 Å². The lowest BCUT2D eigenvalue weighted by Gasteiger charge is -2.32. The molecule has 0 aliphatic carbocycles. The zero-order chi connectivity index (χ0) is 26.2. The number of benzene rings is 2. The molecule has 0 radical (unpaired) electrons. The van der Waals surface area contributed by atoms with Gasteiger partial charge in [0.1, 0.15) is 24.2 Å². The second-order valence-corrected chi connectivity index (χ2v) is 10.3. The summed E-state index contributed by atoms with van der Waals surface area (Å²) in [4.78, 5) is 27.5. The minimum atomic E-state index is -4.13. The van der Waals surface area contributed by atoms with E-state index < -0.39 is 46.2 Å². The monoisotopic (exact) mass is 510 g/mol. The number of rotatable bonds is 12. The number of hydrogen-bond acceptors (Lipinski definition) is 4. The van der Waals surface area contributed by atoms with Gasteiger partial charge in [0.25, 0.3) is 0 Å². The highest BCUT2D eigenvalue weighted by atomic mass is 32.2. The molecular weight excluding hydrogens is 478 g/mol. The molecule has 2 aromatic carbocycles. The van der Waals surface area contributed by atoms with E-state index in [-0.39, 0.29) is 12.2 Å². The van der Waals surface area contributed by atoms with Crippen molar-refractivity contribution in [2.45, 2.75) is 39.3 Å². The van der Waals surface area contributed by atoms with Crippen LogP contribution in [0.5, 0.6) is 0 Å². The maximum atomic E-state index is 13.5. The van der Waals surface area contributed by atoms with Crippen molar-refractivity contribution in [2.75, 3.05) is 31.5 Å². The van der Waals surface area contributed by atoms with Crippen molar-refractivity contribution >= 4 is 27.7 Å². The van der Waals surface area contributed by atoms with Crippen LogP contribution in [0.3, 0.4) is 0 Å². The number of carbonyl (C=O) groups is 2. The lowest BCUT2D eigenvalue weighted by atomic mass is 10.1. The second-order valence-electron chi connectivity index (χ2n) is 8.24. The Bertz CT molecular complexity index is 1090. The molecule has 2 rings (SSSR count). The highest BCUT2D eigenvalue weighted by molar-refractivity contribution is 7.90. The SMILES string of the molecule is CCCCNC(=O)[C@@H](C)N(Cc1ccc(F)cc1)C(=O)CN(c1ccc(F)cc1)S(=O)(=O)N(C)C. The number of amides is 2. The maximum absolute atomic E-state index is 13.5. The number of hydrogen-bond donors (Lipinski definition) is 1. The van der Waals surface area contributed by atoms with Gasteiger partial charge >= 0.3 is 10.2 Å². The maximum Gasteiger partial charge on any atom is 0.304 e. The van der Waals surface area contributed by atoms with E-state index in [1.165, 1.54) is 55.4 Å². The van der Waals surface area contributed by atoms with E-state index in [0.29, 0.717) is 12.1 Å². The molecule has 2 aromatic rings. The van der Waals surface area contributed by atoms with E-state index in [0.717, 1.165) is 33.6 Å². The summed E-state index contributed by atoms with van der Waals surface area (Å²) in [5.41, 5.74) is 0.659. The Morgan fingerprint density at radius 3 is 2.03 bits per heavy atom. The van der Waals surface area contributed by atoms with Gasteiger partial charge < -0.3 is 10.2 Å². The van der Waals surface area contributed by atoms with Gasteiger partial charge in [-0.05, 0) is 55.3 Å². The van der Waals surface area contributed by atoms with Crippen molar-refractivity contribution in [1.82, 2.24) is 14.5 Å². The molecule has 0 aliphatic heterocycles. The number of carbonyl (C=O) groups excluding carboxylic acids is 2. The normalized spacial score (nSPS) is 12.3. The van der Waals surface area contributed by atoms with Gasteiger partial charge in [0.05, 0.1) is 5.69 Å². The molecule has 192 valence electrons. The first-order valence-corrected chi connectivity index (χ1v) is 12.6. The van der Waals surface area contributed by atoms with Gasteiger partial charge in [0, 0.05) is 27.2 Å². The lowest BCUT2D eigenvalue weighted by Crippen LogP contribution is -2.52. The van der Waals surface area contributed by atoms with E-state index in [2.05, 4.69) is 5.32 Å². The van der Waals surface area contributed by atoms with Gasteiger partial charge in [-0.1, -0.05) is 25.5 Å². The van der Waals surface area contributed by atoms with E-state index in [1.807, 2.05) is 6.92 Å². The van der Waals surface area contributed by atoms with Crippen LogP contribution < -0.4 is 9.62 Å². The highest BCUT2D eigenvalue weighted by Gasteiger charge is 2.32. The van der Waals surface area contributed by atoms with Gasteiger partial charge in [0.15, 0.2) is 0 Å². The van der Waals surface area contributed by atoms with Crippen LogP contribution in [0.1, 0.15) is 32.3 Å². The van der Waals surface area contributed by atoms with Crippen LogP contribution in [0.2, 0.25) is 0 Å². The zero-order valence-corrected chi connectivity index (χ0v) is 21.2. The van der Waals surface area contributed by atoms with Crippen molar-refractivity contribution < 1.29 is 26.8 Å². The van der Waals surface area contributed by atoms with E-state index in [4.69, 9.17) is 0 Å². The summed E-state index contributed by atoms with van der Waals surface area (Å²) in [6.45, 7) is 3.30. The lowest BCUT2D eigenvalue weighted by molar-refractivity contribution is -0.139. The zero-order valence-electron chi connectivity index (χ0n) is 20.4. The summed E-state index contributed by atoms with van der Waals surface area (Å²) in [5, 5.41) is 2.78. The Kier molecular flexibility index (Phi) is 10.1. The molecule has 0 heterocycles. The minimum Gasteiger partial charge on any atom is -0.354 e. The third kappa shape index (κ3) is 7.72. The largest absolute Gasteiger partial charge is 0.354 e. The molecule has 0 aliphatic rings. The molecule has 11 heteroatoms.